The minimum atomic E-state index is 0.981. The quantitative estimate of drug-likeness (QED) is 0.174. The highest BCUT2D eigenvalue weighted by molar-refractivity contribution is 6.12. The third-order valence-electron chi connectivity index (χ3n) is 12.8. The number of fused-ring (bicyclic) bond motifs is 8. The van der Waals surface area contributed by atoms with Gasteiger partial charge < -0.3 is 9.13 Å². The van der Waals surface area contributed by atoms with Crippen LogP contribution in [-0.2, 0) is 0 Å². The molecule has 0 aliphatic carbocycles. The van der Waals surface area contributed by atoms with Gasteiger partial charge in [-0.05, 0) is 135 Å². The van der Waals surface area contributed by atoms with Crippen LogP contribution in [0.1, 0.15) is 22.3 Å². The van der Waals surface area contributed by atoms with Gasteiger partial charge >= 0.3 is 0 Å². The molecule has 0 aliphatic rings. The molecule has 12 aromatic rings. The lowest BCUT2D eigenvalue weighted by atomic mass is 9.91. The molecule has 4 aromatic heterocycles. The van der Waals surface area contributed by atoms with E-state index in [2.05, 4.69) is 195 Å². The van der Waals surface area contributed by atoms with E-state index in [-0.39, 0.29) is 0 Å². The molecule has 0 unspecified atom stereocenters. The van der Waals surface area contributed by atoms with Crippen LogP contribution < -0.4 is 0 Å². The minimum absolute atomic E-state index is 0.981. The number of nitrogens with zero attached hydrogens (tertiary/aromatic N) is 4. The molecule has 294 valence electrons. The average molecular weight is 795 g/mol. The number of rotatable bonds is 5. The summed E-state index contributed by atoms with van der Waals surface area (Å²) in [6.07, 6.45) is 3.79. The summed E-state index contributed by atoms with van der Waals surface area (Å²) in [5, 5.41) is 7.26. The molecule has 0 amide bonds. The van der Waals surface area contributed by atoms with E-state index < -0.39 is 0 Å². The van der Waals surface area contributed by atoms with E-state index >= 15 is 0 Å². The Kier molecular flexibility index (Phi) is 8.07. The molecule has 12 rings (SSSR count). The van der Waals surface area contributed by atoms with Crippen molar-refractivity contribution in [3.05, 3.63) is 205 Å². The van der Waals surface area contributed by atoms with Gasteiger partial charge in [0.15, 0.2) is 0 Å². The fourth-order valence-electron chi connectivity index (χ4n) is 9.90. The largest absolute Gasteiger partial charge is 0.309 e. The third-order valence-corrected chi connectivity index (χ3v) is 12.8. The summed E-state index contributed by atoms with van der Waals surface area (Å²) in [6.45, 7) is 8.74. The molecule has 0 atom stereocenters. The van der Waals surface area contributed by atoms with Gasteiger partial charge in [0.05, 0.1) is 38.8 Å². The summed E-state index contributed by atoms with van der Waals surface area (Å²) in [7, 11) is 0. The molecule has 4 heteroatoms. The first-order valence-electron chi connectivity index (χ1n) is 21.4. The summed E-state index contributed by atoms with van der Waals surface area (Å²) in [6, 6.07) is 62.8. The van der Waals surface area contributed by atoms with Crippen LogP contribution in [0.15, 0.2) is 182 Å². The molecule has 0 radical (unpaired) electrons. The standard InChI is InChI=1S/C58H42N4/c1-35-15-21-52-48(27-35)49-28-36(2)16-22-53(49)61(52)44-19-20-45(56(34-44)62-54-23-17-37(3)29-50(54)51-30-38(4)18-24-55(51)62)41-31-42(46-13-5-9-39-11-7-25-59-57(39)46)33-43(32-41)47-14-6-10-40-12-8-26-60-58(40)47/h5-34H,1-4H3. The van der Waals surface area contributed by atoms with Crippen molar-refractivity contribution in [1.29, 1.82) is 0 Å². The molecular formula is C58H42N4. The Hall–Kier alpha value is -7.82. The number of aromatic nitrogens is 4. The molecule has 8 aromatic carbocycles. The van der Waals surface area contributed by atoms with Crippen molar-refractivity contribution in [2.45, 2.75) is 27.7 Å². The van der Waals surface area contributed by atoms with Crippen molar-refractivity contribution < 1.29 is 0 Å². The van der Waals surface area contributed by atoms with Gasteiger partial charge in [-0.25, -0.2) is 0 Å². The predicted molar refractivity (Wildman–Crippen MR) is 261 cm³/mol. The van der Waals surface area contributed by atoms with Crippen molar-refractivity contribution in [3.63, 3.8) is 0 Å². The van der Waals surface area contributed by atoms with E-state index in [9.17, 15) is 0 Å². The van der Waals surface area contributed by atoms with E-state index in [4.69, 9.17) is 9.97 Å². The number of hydrogen-bond acceptors (Lipinski definition) is 2. The van der Waals surface area contributed by atoms with Crippen LogP contribution in [0, 0.1) is 27.7 Å². The van der Waals surface area contributed by atoms with Crippen LogP contribution in [-0.4, -0.2) is 19.1 Å². The van der Waals surface area contributed by atoms with Crippen molar-refractivity contribution in [3.8, 4) is 44.8 Å². The smallest absolute Gasteiger partial charge is 0.0780 e. The fraction of sp³-hybridized carbons (Fsp3) is 0.0690. The summed E-state index contributed by atoms with van der Waals surface area (Å²) in [5.74, 6) is 0. The van der Waals surface area contributed by atoms with Crippen molar-refractivity contribution in [1.82, 2.24) is 19.1 Å². The van der Waals surface area contributed by atoms with Crippen molar-refractivity contribution in [2.75, 3.05) is 0 Å². The first kappa shape index (κ1) is 36.1. The third kappa shape index (κ3) is 5.68. The first-order valence-corrected chi connectivity index (χ1v) is 21.4. The monoisotopic (exact) mass is 794 g/mol. The zero-order valence-electron chi connectivity index (χ0n) is 35.1. The summed E-state index contributed by atoms with van der Waals surface area (Å²) < 4.78 is 4.94. The maximum atomic E-state index is 4.93. The summed E-state index contributed by atoms with van der Waals surface area (Å²) in [4.78, 5) is 9.87. The van der Waals surface area contributed by atoms with E-state index in [1.807, 2.05) is 24.5 Å². The molecule has 0 bridgehead atoms. The average Bonchev–Trinajstić information content (AvgIpc) is 3.79. The second-order valence-corrected chi connectivity index (χ2v) is 17.0. The van der Waals surface area contributed by atoms with Gasteiger partial charge in [-0.1, -0.05) is 101 Å². The molecule has 62 heavy (non-hydrogen) atoms. The SMILES string of the molecule is Cc1ccc2c(c1)c1cc(C)ccc1n2-c1ccc(-c2cc(-c3cccc4cccnc34)cc(-c3cccc4cccnc34)c2)c(-n2c3ccc(C)cc3c3cc(C)ccc32)c1. The number of para-hydroxylation sites is 2. The summed E-state index contributed by atoms with van der Waals surface area (Å²) >= 11 is 0. The minimum Gasteiger partial charge on any atom is -0.309 e. The molecule has 0 fully saturated rings. The number of aryl methyl sites for hydroxylation is 4. The van der Waals surface area contributed by atoms with Gasteiger partial charge in [0.25, 0.3) is 0 Å². The molecule has 4 heterocycles. The highest BCUT2D eigenvalue weighted by Gasteiger charge is 2.21. The van der Waals surface area contributed by atoms with Gasteiger partial charge in [-0.15, -0.1) is 0 Å². The zero-order valence-corrected chi connectivity index (χ0v) is 35.1. The van der Waals surface area contributed by atoms with Crippen molar-refractivity contribution in [2.24, 2.45) is 0 Å². The van der Waals surface area contributed by atoms with Crippen LogP contribution in [0.3, 0.4) is 0 Å². The zero-order chi connectivity index (χ0) is 41.6. The topological polar surface area (TPSA) is 35.6 Å². The van der Waals surface area contributed by atoms with Crippen LogP contribution in [0.2, 0.25) is 0 Å². The van der Waals surface area contributed by atoms with Crippen LogP contribution in [0.25, 0.3) is 110 Å². The molecule has 0 aliphatic heterocycles. The van der Waals surface area contributed by atoms with Crippen LogP contribution in [0.5, 0.6) is 0 Å². The van der Waals surface area contributed by atoms with E-state index in [0.717, 1.165) is 66.6 Å². The lowest BCUT2D eigenvalue weighted by Crippen LogP contribution is -2.02. The van der Waals surface area contributed by atoms with E-state index in [1.54, 1.807) is 0 Å². The maximum Gasteiger partial charge on any atom is 0.0780 e. The number of hydrogen-bond donors (Lipinski definition) is 0. The van der Waals surface area contributed by atoms with Crippen LogP contribution >= 0.6 is 0 Å². The van der Waals surface area contributed by atoms with E-state index in [0.29, 0.717) is 0 Å². The van der Waals surface area contributed by atoms with Gasteiger partial charge in [-0.3, -0.25) is 9.97 Å². The van der Waals surface area contributed by atoms with Gasteiger partial charge in [-0.2, -0.15) is 0 Å². The molecular weight excluding hydrogens is 753 g/mol. The number of pyridine rings is 2. The first-order chi connectivity index (χ1) is 30.4. The van der Waals surface area contributed by atoms with Gasteiger partial charge in [0.1, 0.15) is 0 Å². The fourth-order valence-corrected chi connectivity index (χ4v) is 9.90. The summed E-state index contributed by atoms with van der Waals surface area (Å²) in [5.41, 5.74) is 20.6. The molecule has 0 saturated carbocycles. The van der Waals surface area contributed by atoms with Gasteiger partial charge in [0, 0.05) is 67.1 Å². The normalized spacial score (nSPS) is 11.9. The lowest BCUT2D eigenvalue weighted by Gasteiger charge is -2.19. The Morgan fingerprint density at radius 2 is 0.742 bits per heavy atom. The lowest BCUT2D eigenvalue weighted by molar-refractivity contribution is 1.13. The highest BCUT2D eigenvalue weighted by atomic mass is 15.0. The second-order valence-electron chi connectivity index (χ2n) is 17.0. The van der Waals surface area contributed by atoms with Crippen molar-refractivity contribution >= 4 is 65.4 Å². The molecule has 4 nitrogen and oxygen atoms in total. The Balaban J connectivity index is 1.21. The number of benzene rings is 8. The Labute approximate surface area is 360 Å². The molecule has 0 N–H and O–H groups in total. The maximum absolute atomic E-state index is 4.93. The molecule has 0 saturated heterocycles. The van der Waals surface area contributed by atoms with Gasteiger partial charge in [0.2, 0.25) is 0 Å². The van der Waals surface area contributed by atoms with Crippen LogP contribution in [0.4, 0.5) is 0 Å². The Bertz CT molecular complexity index is 3580. The Morgan fingerprint density at radius 3 is 1.19 bits per heavy atom. The highest BCUT2D eigenvalue weighted by Crippen LogP contribution is 2.43. The van der Waals surface area contributed by atoms with E-state index in [1.165, 1.54) is 65.9 Å². The Morgan fingerprint density at radius 1 is 0.339 bits per heavy atom. The molecule has 0 spiro atoms. The second kappa shape index (κ2) is 13.9. The predicted octanol–water partition coefficient (Wildman–Crippen LogP) is 15.2.